The highest BCUT2D eigenvalue weighted by Gasteiger charge is 2.14. The van der Waals surface area contributed by atoms with Gasteiger partial charge in [0.25, 0.3) is 5.56 Å². The van der Waals surface area contributed by atoms with Gasteiger partial charge in [-0.1, -0.05) is 0 Å². The fourth-order valence-corrected chi connectivity index (χ4v) is 3.55. The van der Waals surface area contributed by atoms with Crippen LogP contribution in [0.15, 0.2) is 24.5 Å². The Hall–Kier alpha value is -1.87. The van der Waals surface area contributed by atoms with Crippen molar-refractivity contribution in [1.29, 1.82) is 0 Å². The summed E-state index contributed by atoms with van der Waals surface area (Å²) in [6, 6.07) is 0. The average molecular weight is 309 g/mol. The zero-order chi connectivity index (χ0) is 14.4. The molecule has 3 rings (SSSR count). The molecule has 0 amide bonds. The number of nitrogens with one attached hydrogen (secondary N) is 1. The molecule has 0 bridgehead atoms. The van der Waals surface area contributed by atoms with E-state index in [1.807, 2.05) is 12.3 Å². The Morgan fingerprint density at radius 1 is 1.25 bits per heavy atom. The fraction of sp³-hybridized carbons (Fsp3) is 0.273. The minimum absolute atomic E-state index is 0.324. The van der Waals surface area contributed by atoms with E-state index in [9.17, 15) is 9.59 Å². The van der Waals surface area contributed by atoms with Crippen LogP contribution in [0.3, 0.4) is 0 Å². The summed E-state index contributed by atoms with van der Waals surface area (Å²) in [7, 11) is 3.04. The maximum atomic E-state index is 12.0. The first-order chi connectivity index (χ1) is 9.47. The fourth-order valence-electron chi connectivity index (χ4n) is 1.82. The molecule has 3 aromatic rings. The molecule has 0 aliphatic rings. The number of nitrogens with zero attached hydrogens (tertiary/aromatic N) is 4. The van der Waals surface area contributed by atoms with Crippen molar-refractivity contribution in [1.82, 2.24) is 24.1 Å². The van der Waals surface area contributed by atoms with E-state index in [4.69, 9.17) is 0 Å². The van der Waals surface area contributed by atoms with Crippen LogP contribution < -0.4 is 11.2 Å². The van der Waals surface area contributed by atoms with Gasteiger partial charge in [0.1, 0.15) is 0 Å². The predicted molar refractivity (Wildman–Crippen MR) is 77.5 cm³/mol. The predicted octanol–water partition coefficient (Wildman–Crippen LogP) is 0.876. The molecule has 0 aromatic carbocycles. The number of aromatic amines is 1. The van der Waals surface area contributed by atoms with Crippen molar-refractivity contribution in [2.75, 3.05) is 0 Å². The van der Waals surface area contributed by atoms with Gasteiger partial charge in [-0.15, -0.1) is 11.3 Å². The summed E-state index contributed by atoms with van der Waals surface area (Å²) in [6.07, 6.45) is 0. The molecule has 104 valence electrons. The molecule has 0 spiro atoms. The molecule has 0 aliphatic heterocycles. The molecule has 0 aliphatic carbocycles. The van der Waals surface area contributed by atoms with Crippen molar-refractivity contribution < 1.29 is 0 Å². The maximum Gasteiger partial charge on any atom is 0.332 e. The normalized spacial score (nSPS) is 11.3. The molecule has 0 saturated carbocycles. The highest BCUT2D eigenvalue weighted by Crippen LogP contribution is 2.28. The van der Waals surface area contributed by atoms with Crippen LogP contribution in [0.4, 0.5) is 0 Å². The van der Waals surface area contributed by atoms with E-state index in [0.29, 0.717) is 16.3 Å². The third-order valence-corrected chi connectivity index (χ3v) is 4.80. The average Bonchev–Trinajstić information content (AvgIpc) is 3.01. The monoisotopic (exact) mass is 309 g/mol. The summed E-state index contributed by atoms with van der Waals surface area (Å²) in [6.45, 7) is 1.92. The molecule has 7 nitrogen and oxygen atoms in total. The summed E-state index contributed by atoms with van der Waals surface area (Å²) in [5.41, 5.74) is 0.851. The summed E-state index contributed by atoms with van der Waals surface area (Å²) in [4.78, 5) is 35.4. The maximum absolute atomic E-state index is 12.0. The SMILES string of the molecule is Cc1csc(Sc2nc3c([nH]2)c(=O)n(C)c(=O)n3C)n1. The molecule has 0 fully saturated rings. The number of aromatic nitrogens is 5. The quantitative estimate of drug-likeness (QED) is 0.759. The van der Waals surface area contributed by atoms with Gasteiger partial charge in [0, 0.05) is 25.2 Å². The first-order valence-electron chi connectivity index (χ1n) is 5.73. The number of fused-ring (bicyclic) bond motifs is 1. The number of aryl methyl sites for hydroxylation is 2. The van der Waals surface area contributed by atoms with Crippen molar-refractivity contribution in [2.24, 2.45) is 14.1 Å². The highest BCUT2D eigenvalue weighted by atomic mass is 32.2. The Morgan fingerprint density at radius 2 is 2.00 bits per heavy atom. The zero-order valence-corrected chi connectivity index (χ0v) is 12.6. The van der Waals surface area contributed by atoms with Gasteiger partial charge < -0.3 is 4.98 Å². The molecular formula is C11H11N5O2S2. The van der Waals surface area contributed by atoms with E-state index in [2.05, 4.69) is 15.0 Å². The smallest absolute Gasteiger partial charge is 0.327 e. The molecule has 0 atom stereocenters. The van der Waals surface area contributed by atoms with Crippen molar-refractivity contribution in [3.05, 3.63) is 31.9 Å². The highest BCUT2D eigenvalue weighted by molar-refractivity contribution is 8.00. The summed E-state index contributed by atoms with van der Waals surface area (Å²) >= 11 is 2.85. The lowest BCUT2D eigenvalue weighted by Crippen LogP contribution is -2.36. The van der Waals surface area contributed by atoms with E-state index in [1.165, 1.54) is 34.7 Å². The van der Waals surface area contributed by atoms with Crippen LogP contribution in [0.25, 0.3) is 11.2 Å². The second-order valence-electron chi connectivity index (χ2n) is 4.30. The van der Waals surface area contributed by atoms with Crippen LogP contribution in [0.2, 0.25) is 0 Å². The van der Waals surface area contributed by atoms with Crippen molar-refractivity contribution in [2.45, 2.75) is 16.4 Å². The number of imidazole rings is 1. The Balaban J connectivity index is 2.16. The molecule has 0 saturated heterocycles. The Bertz CT molecular complexity index is 917. The first kappa shape index (κ1) is 13.1. The first-order valence-corrected chi connectivity index (χ1v) is 7.42. The van der Waals surface area contributed by atoms with E-state index < -0.39 is 5.69 Å². The Morgan fingerprint density at radius 3 is 2.65 bits per heavy atom. The lowest BCUT2D eigenvalue weighted by atomic mass is 10.5. The van der Waals surface area contributed by atoms with Crippen molar-refractivity contribution >= 4 is 34.3 Å². The third-order valence-electron chi connectivity index (χ3n) is 2.85. The molecule has 3 heterocycles. The molecule has 0 radical (unpaired) electrons. The number of thiazole rings is 1. The molecular weight excluding hydrogens is 298 g/mol. The van der Waals surface area contributed by atoms with Crippen molar-refractivity contribution in [3.63, 3.8) is 0 Å². The van der Waals surface area contributed by atoms with Gasteiger partial charge >= 0.3 is 5.69 Å². The van der Waals surface area contributed by atoms with Gasteiger partial charge in [0.05, 0.1) is 0 Å². The molecule has 3 aromatic heterocycles. The summed E-state index contributed by atoms with van der Waals surface area (Å²) in [5.74, 6) is 0. The van der Waals surface area contributed by atoms with E-state index in [-0.39, 0.29) is 5.56 Å². The second-order valence-corrected chi connectivity index (χ2v) is 6.40. The Labute approximate surface area is 121 Å². The van der Waals surface area contributed by atoms with Crippen LogP contribution in [-0.2, 0) is 14.1 Å². The number of hydrogen-bond acceptors (Lipinski definition) is 6. The van der Waals surface area contributed by atoms with E-state index in [0.717, 1.165) is 14.6 Å². The van der Waals surface area contributed by atoms with Crippen LogP contribution in [-0.4, -0.2) is 24.1 Å². The second kappa shape index (κ2) is 4.60. The lowest BCUT2D eigenvalue weighted by molar-refractivity contribution is 0.708. The topological polar surface area (TPSA) is 85.6 Å². The number of H-pyrrole nitrogens is 1. The van der Waals surface area contributed by atoms with E-state index >= 15 is 0 Å². The third kappa shape index (κ3) is 1.98. The molecule has 9 heteroatoms. The molecule has 0 unspecified atom stereocenters. The van der Waals surface area contributed by atoms with Crippen LogP contribution in [0.1, 0.15) is 5.69 Å². The number of rotatable bonds is 2. The standard InChI is InChI=1S/C11H11N5O2S2/c1-5-4-19-10(12-5)20-9-13-6-7(14-9)15(2)11(18)16(3)8(6)17/h4H,1-3H3,(H,13,14). The van der Waals surface area contributed by atoms with Crippen LogP contribution >= 0.6 is 23.1 Å². The van der Waals surface area contributed by atoms with Gasteiger partial charge in [-0.2, -0.15) is 0 Å². The van der Waals surface area contributed by atoms with Crippen LogP contribution in [0.5, 0.6) is 0 Å². The Kier molecular flexibility index (Phi) is 3.02. The van der Waals surface area contributed by atoms with Crippen molar-refractivity contribution in [3.8, 4) is 0 Å². The molecule has 20 heavy (non-hydrogen) atoms. The number of hydrogen-bond donors (Lipinski definition) is 1. The molecule has 1 N–H and O–H groups in total. The van der Waals surface area contributed by atoms with E-state index in [1.54, 1.807) is 7.05 Å². The zero-order valence-electron chi connectivity index (χ0n) is 11.0. The largest absolute Gasteiger partial charge is 0.332 e. The van der Waals surface area contributed by atoms with Gasteiger partial charge in [-0.25, -0.2) is 14.8 Å². The van der Waals surface area contributed by atoms with Gasteiger partial charge in [0.2, 0.25) is 0 Å². The van der Waals surface area contributed by atoms with Gasteiger partial charge in [-0.05, 0) is 18.7 Å². The summed E-state index contributed by atoms with van der Waals surface area (Å²) in [5, 5.41) is 2.49. The lowest BCUT2D eigenvalue weighted by Gasteiger charge is -2.00. The van der Waals surface area contributed by atoms with Crippen LogP contribution in [0, 0.1) is 6.92 Å². The van der Waals surface area contributed by atoms with Gasteiger partial charge in [-0.3, -0.25) is 13.9 Å². The minimum atomic E-state index is -0.393. The summed E-state index contributed by atoms with van der Waals surface area (Å²) < 4.78 is 3.25. The minimum Gasteiger partial charge on any atom is -0.327 e. The van der Waals surface area contributed by atoms with Gasteiger partial charge in [0.15, 0.2) is 20.7 Å².